The third-order valence-electron chi connectivity index (χ3n) is 2.02. The molecule has 1 heterocycles. The molecule has 0 radical (unpaired) electrons. The molecule has 2 N–H and O–H groups in total. The van der Waals surface area contributed by atoms with E-state index in [0.717, 1.165) is 9.79 Å². The molecule has 0 fully saturated rings. The summed E-state index contributed by atoms with van der Waals surface area (Å²) in [5, 5.41) is 0. The van der Waals surface area contributed by atoms with Crippen molar-refractivity contribution in [3.63, 3.8) is 0 Å². The summed E-state index contributed by atoms with van der Waals surface area (Å²) in [6.45, 7) is 0. The van der Waals surface area contributed by atoms with Gasteiger partial charge in [0.25, 0.3) is 0 Å². The number of nitrogens with zero attached hydrogens (tertiary/aromatic N) is 1. The molecule has 0 aliphatic carbocycles. The van der Waals surface area contributed by atoms with E-state index in [1.807, 2.05) is 24.3 Å². The SMILES string of the molecule is NC(=O)c1ccc(Sc2ccncc2)cc1. The zero-order chi connectivity index (χ0) is 11.4. The highest BCUT2D eigenvalue weighted by atomic mass is 32.2. The van der Waals surface area contributed by atoms with E-state index in [2.05, 4.69) is 4.98 Å². The van der Waals surface area contributed by atoms with Crippen LogP contribution in [-0.4, -0.2) is 10.9 Å². The Balaban J connectivity index is 2.14. The lowest BCUT2D eigenvalue weighted by atomic mass is 10.2. The van der Waals surface area contributed by atoms with Crippen LogP contribution in [0.4, 0.5) is 0 Å². The second-order valence-electron chi connectivity index (χ2n) is 3.17. The van der Waals surface area contributed by atoms with Crippen molar-refractivity contribution < 1.29 is 4.79 Å². The van der Waals surface area contributed by atoms with Gasteiger partial charge < -0.3 is 5.73 Å². The monoisotopic (exact) mass is 230 g/mol. The minimum Gasteiger partial charge on any atom is -0.366 e. The number of nitrogens with two attached hydrogens (primary N) is 1. The number of rotatable bonds is 3. The van der Waals surface area contributed by atoms with E-state index in [-0.39, 0.29) is 0 Å². The minimum atomic E-state index is -0.402. The fraction of sp³-hybridized carbons (Fsp3) is 0. The van der Waals surface area contributed by atoms with Crippen molar-refractivity contribution in [1.82, 2.24) is 4.98 Å². The van der Waals surface area contributed by atoms with E-state index in [9.17, 15) is 4.79 Å². The molecule has 0 spiro atoms. The van der Waals surface area contributed by atoms with Gasteiger partial charge in [-0.25, -0.2) is 0 Å². The maximum atomic E-state index is 10.9. The van der Waals surface area contributed by atoms with Gasteiger partial charge in [-0.2, -0.15) is 0 Å². The zero-order valence-corrected chi connectivity index (χ0v) is 9.28. The molecule has 3 nitrogen and oxygen atoms in total. The summed E-state index contributed by atoms with van der Waals surface area (Å²) < 4.78 is 0. The van der Waals surface area contributed by atoms with Gasteiger partial charge in [-0.3, -0.25) is 9.78 Å². The fourth-order valence-electron chi connectivity index (χ4n) is 1.23. The molecular weight excluding hydrogens is 220 g/mol. The summed E-state index contributed by atoms with van der Waals surface area (Å²) in [5.74, 6) is -0.402. The number of hydrogen-bond donors (Lipinski definition) is 1. The van der Waals surface area contributed by atoms with Crippen LogP contribution in [0.5, 0.6) is 0 Å². The van der Waals surface area contributed by atoms with Crippen LogP contribution < -0.4 is 5.73 Å². The molecule has 2 rings (SSSR count). The van der Waals surface area contributed by atoms with Gasteiger partial charge in [-0.1, -0.05) is 11.8 Å². The summed E-state index contributed by atoms with van der Waals surface area (Å²) in [5.41, 5.74) is 5.69. The van der Waals surface area contributed by atoms with Crippen LogP contribution in [0.1, 0.15) is 10.4 Å². The van der Waals surface area contributed by atoms with Gasteiger partial charge in [0.15, 0.2) is 0 Å². The van der Waals surface area contributed by atoms with Gasteiger partial charge in [0.05, 0.1) is 0 Å². The van der Waals surface area contributed by atoms with Gasteiger partial charge in [-0.15, -0.1) is 0 Å². The Labute approximate surface area is 97.7 Å². The Kier molecular flexibility index (Phi) is 3.22. The molecule has 0 atom stereocenters. The molecule has 0 saturated heterocycles. The van der Waals surface area contributed by atoms with Crippen molar-refractivity contribution in [3.05, 3.63) is 54.4 Å². The number of pyridine rings is 1. The topological polar surface area (TPSA) is 56.0 Å². The van der Waals surface area contributed by atoms with Crippen LogP contribution in [0.15, 0.2) is 58.6 Å². The first kappa shape index (κ1) is 10.7. The number of hydrogen-bond acceptors (Lipinski definition) is 3. The quantitative estimate of drug-likeness (QED) is 0.880. The standard InChI is InChI=1S/C12H10N2OS/c13-12(15)9-1-3-10(4-2-9)16-11-5-7-14-8-6-11/h1-8H,(H2,13,15). The maximum absolute atomic E-state index is 10.9. The van der Waals surface area contributed by atoms with E-state index < -0.39 is 5.91 Å². The predicted molar refractivity (Wildman–Crippen MR) is 63.3 cm³/mol. The molecular formula is C12H10N2OS. The lowest BCUT2D eigenvalue weighted by molar-refractivity contribution is 0.100. The summed E-state index contributed by atoms with van der Waals surface area (Å²) in [6, 6.07) is 11.1. The van der Waals surface area contributed by atoms with Crippen molar-refractivity contribution in [1.29, 1.82) is 0 Å². The lowest BCUT2D eigenvalue weighted by Crippen LogP contribution is -2.10. The fourth-order valence-corrected chi connectivity index (χ4v) is 2.03. The molecule has 80 valence electrons. The van der Waals surface area contributed by atoms with E-state index in [4.69, 9.17) is 5.73 Å². The number of aromatic nitrogens is 1. The first-order valence-electron chi connectivity index (χ1n) is 4.73. The second kappa shape index (κ2) is 4.81. The van der Waals surface area contributed by atoms with Crippen LogP contribution in [0.3, 0.4) is 0 Å². The number of benzene rings is 1. The summed E-state index contributed by atoms with van der Waals surface area (Å²) in [7, 11) is 0. The molecule has 1 aromatic heterocycles. The van der Waals surface area contributed by atoms with Crippen LogP contribution in [-0.2, 0) is 0 Å². The molecule has 0 aliphatic rings. The lowest BCUT2D eigenvalue weighted by Gasteiger charge is -2.01. The summed E-state index contributed by atoms with van der Waals surface area (Å²) in [6.07, 6.45) is 3.50. The van der Waals surface area contributed by atoms with Crippen molar-refractivity contribution in [2.75, 3.05) is 0 Å². The highest BCUT2D eigenvalue weighted by Crippen LogP contribution is 2.26. The Morgan fingerprint density at radius 1 is 1.00 bits per heavy atom. The number of carbonyl (C=O) groups excluding carboxylic acids is 1. The summed E-state index contributed by atoms with van der Waals surface area (Å²) in [4.78, 5) is 17.0. The van der Waals surface area contributed by atoms with Crippen molar-refractivity contribution in [2.24, 2.45) is 5.73 Å². The van der Waals surface area contributed by atoms with Gasteiger partial charge in [0.2, 0.25) is 5.91 Å². The molecule has 0 aliphatic heterocycles. The Morgan fingerprint density at radius 3 is 2.12 bits per heavy atom. The van der Waals surface area contributed by atoms with Crippen LogP contribution in [0.25, 0.3) is 0 Å². The number of carbonyl (C=O) groups is 1. The van der Waals surface area contributed by atoms with Crippen molar-refractivity contribution >= 4 is 17.7 Å². The van der Waals surface area contributed by atoms with E-state index in [1.54, 1.807) is 36.3 Å². The maximum Gasteiger partial charge on any atom is 0.248 e. The van der Waals surface area contributed by atoms with E-state index in [1.165, 1.54) is 0 Å². The van der Waals surface area contributed by atoms with Crippen LogP contribution in [0.2, 0.25) is 0 Å². The first-order valence-corrected chi connectivity index (χ1v) is 5.55. The molecule has 16 heavy (non-hydrogen) atoms. The van der Waals surface area contributed by atoms with Crippen LogP contribution >= 0.6 is 11.8 Å². The molecule has 4 heteroatoms. The zero-order valence-electron chi connectivity index (χ0n) is 8.46. The Morgan fingerprint density at radius 2 is 1.56 bits per heavy atom. The van der Waals surface area contributed by atoms with Gasteiger partial charge >= 0.3 is 0 Å². The average molecular weight is 230 g/mol. The highest BCUT2D eigenvalue weighted by Gasteiger charge is 2.00. The van der Waals surface area contributed by atoms with Crippen molar-refractivity contribution in [3.8, 4) is 0 Å². The van der Waals surface area contributed by atoms with E-state index >= 15 is 0 Å². The Hall–Kier alpha value is -1.81. The van der Waals surface area contributed by atoms with Crippen molar-refractivity contribution in [2.45, 2.75) is 9.79 Å². The number of primary amides is 1. The van der Waals surface area contributed by atoms with Crippen LogP contribution in [0, 0.1) is 0 Å². The molecule has 0 saturated carbocycles. The summed E-state index contributed by atoms with van der Waals surface area (Å²) >= 11 is 1.62. The predicted octanol–water partition coefficient (Wildman–Crippen LogP) is 2.33. The number of amides is 1. The third kappa shape index (κ3) is 2.61. The minimum absolute atomic E-state index is 0.402. The molecule has 1 amide bonds. The molecule has 0 bridgehead atoms. The Bertz CT molecular complexity index is 482. The molecule has 2 aromatic rings. The third-order valence-corrected chi connectivity index (χ3v) is 3.04. The molecule has 1 aromatic carbocycles. The highest BCUT2D eigenvalue weighted by molar-refractivity contribution is 7.99. The van der Waals surface area contributed by atoms with E-state index in [0.29, 0.717) is 5.56 Å². The first-order chi connectivity index (χ1) is 7.75. The van der Waals surface area contributed by atoms with Gasteiger partial charge in [0, 0.05) is 27.7 Å². The van der Waals surface area contributed by atoms with Gasteiger partial charge in [0.1, 0.15) is 0 Å². The molecule has 0 unspecified atom stereocenters. The van der Waals surface area contributed by atoms with Gasteiger partial charge in [-0.05, 0) is 36.4 Å². The second-order valence-corrected chi connectivity index (χ2v) is 4.32. The largest absolute Gasteiger partial charge is 0.366 e. The smallest absolute Gasteiger partial charge is 0.248 e. The normalized spacial score (nSPS) is 10.0. The average Bonchev–Trinajstić information content (AvgIpc) is 2.31.